The third kappa shape index (κ3) is 2.20. The minimum absolute atomic E-state index is 0.125. The van der Waals surface area contributed by atoms with Gasteiger partial charge in [0.2, 0.25) is 0 Å². The first-order chi connectivity index (χ1) is 8.84. The van der Waals surface area contributed by atoms with Crippen LogP contribution in [0.4, 0.5) is 4.79 Å². The number of carbonyl (C=O) groups is 1. The van der Waals surface area contributed by atoms with Crippen molar-refractivity contribution in [3.05, 3.63) is 35.9 Å². The monoisotopic (exact) mass is 246 g/mol. The standard InChI is InChI=1S/C14H18N2O2/c17-14-16(10-12-6-2-1-3-7-12)13(11-18-14)15-8-4-5-9-15/h1-3,6-7,13H,4-5,8-11H2/t13-/m0/s1. The van der Waals surface area contributed by atoms with E-state index < -0.39 is 0 Å². The maximum absolute atomic E-state index is 11.8. The number of carbonyl (C=O) groups excluding carboxylic acids is 1. The number of rotatable bonds is 3. The molecule has 2 aliphatic rings. The maximum atomic E-state index is 11.8. The lowest BCUT2D eigenvalue weighted by Crippen LogP contribution is -2.45. The number of amides is 1. The van der Waals surface area contributed by atoms with Crippen LogP contribution in [0.1, 0.15) is 18.4 Å². The van der Waals surface area contributed by atoms with Gasteiger partial charge in [-0.1, -0.05) is 30.3 Å². The second-order valence-corrected chi connectivity index (χ2v) is 4.91. The lowest BCUT2D eigenvalue weighted by atomic mass is 10.2. The summed E-state index contributed by atoms with van der Waals surface area (Å²) in [6.45, 7) is 3.30. The smallest absolute Gasteiger partial charge is 0.411 e. The van der Waals surface area contributed by atoms with Crippen molar-refractivity contribution in [3.8, 4) is 0 Å². The van der Waals surface area contributed by atoms with Crippen LogP contribution in [-0.4, -0.2) is 41.8 Å². The molecular formula is C14H18N2O2. The summed E-state index contributed by atoms with van der Waals surface area (Å²) in [4.78, 5) is 16.0. The summed E-state index contributed by atoms with van der Waals surface area (Å²) < 4.78 is 5.21. The van der Waals surface area contributed by atoms with E-state index in [9.17, 15) is 4.79 Å². The Labute approximate surface area is 107 Å². The molecule has 0 aliphatic carbocycles. The number of benzene rings is 1. The molecule has 0 N–H and O–H groups in total. The Morgan fingerprint density at radius 1 is 1.17 bits per heavy atom. The minimum atomic E-state index is -0.184. The minimum Gasteiger partial charge on any atom is -0.446 e. The molecule has 96 valence electrons. The van der Waals surface area contributed by atoms with Gasteiger partial charge in [0.1, 0.15) is 12.8 Å². The van der Waals surface area contributed by atoms with Crippen molar-refractivity contribution in [3.63, 3.8) is 0 Å². The topological polar surface area (TPSA) is 32.8 Å². The SMILES string of the molecule is O=C1OC[C@@H](N2CCCC2)N1Cc1ccccc1. The molecule has 4 heteroatoms. The number of likely N-dealkylation sites (tertiary alicyclic amines) is 1. The molecule has 0 bridgehead atoms. The number of hydrogen-bond donors (Lipinski definition) is 0. The summed E-state index contributed by atoms with van der Waals surface area (Å²) in [6.07, 6.45) is 2.39. The molecule has 1 aromatic rings. The molecule has 2 saturated heterocycles. The van der Waals surface area contributed by atoms with Crippen molar-refractivity contribution < 1.29 is 9.53 Å². The van der Waals surface area contributed by atoms with Crippen LogP contribution in [0.15, 0.2) is 30.3 Å². The first-order valence-corrected chi connectivity index (χ1v) is 6.56. The average Bonchev–Trinajstić information content (AvgIpc) is 3.02. The van der Waals surface area contributed by atoms with Crippen molar-refractivity contribution in [2.24, 2.45) is 0 Å². The molecule has 0 saturated carbocycles. The van der Waals surface area contributed by atoms with Crippen molar-refractivity contribution in [2.45, 2.75) is 25.6 Å². The molecule has 3 rings (SSSR count). The summed E-state index contributed by atoms with van der Waals surface area (Å²) in [5.74, 6) is 0. The summed E-state index contributed by atoms with van der Waals surface area (Å²) in [6, 6.07) is 10.1. The van der Waals surface area contributed by atoms with Crippen LogP contribution in [0.5, 0.6) is 0 Å². The predicted molar refractivity (Wildman–Crippen MR) is 67.9 cm³/mol. The van der Waals surface area contributed by atoms with Crippen molar-refractivity contribution in [1.82, 2.24) is 9.80 Å². The highest BCUT2D eigenvalue weighted by Gasteiger charge is 2.37. The van der Waals surface area contributed by atoms with Gasteiger partial charge in [0.15, 0.2) is 0 Å². The third-order valence-corrected chi connectivity index (χ3v) is 3.71. The Bertz CT molecular complexity index is 415. The Kier molecular flexibility index (Phi) is 3.19. The van der Waals surface area contributed by atoms with Gasteiger partial charge in [-0.05, 0) is 18.4 Å². The van der Waals surface area contributed by atoms with Crippen LogP contribution in [-0.2, 0) is 11.3 Å². The quantitative estimate of drug-likeness (QED) is 0.818. The van der Waals surface area contributed by atoms with Gasteiger partial charge in [-0.2, -0.15) is 0 Å². The van der Waals surface area contributed by atoms with E-state index in [1.807, 2.05) is 35.2 Å². The second kappa shape index (κ2) is 4.98. The van der Waals surface area contributed by atoms with Gasteiger partial charge in [-0.25, -0.2) is 4.79 Å². The van der Waals surface area contributed by atoms with Gasteiger partial charge in [-0.3, -0.25) is 9.80 Å². The zero-order valence-corrected chi connectivity index (χ0v) is 10.4. The Balaban J connectivity index is 1.73. The molecule has 0 radical (unpaired) electrons. The number of cyclic esters (lactones) is 1. The summed E-state index contributed by atoms with van der Waals surface area (Å²) in [5.41, 5.74) is 1.15. The van der Waals surface area contributed by atoms with E-state index in [4.69, 9.17) is 4.74 Å². The van der Waals surface area contributed by atoms with E-state index in [0.29, 0.717) is 13.2 Å². The van der Waals surface area contributed by atoms with Crippen LogP contribution >= 0.6 is 0 Å². The molecule has 0 aromatic heterocycles. The third-order valence-electron chi connectivity index (χ3n) is 3.71. The normalized spacial score (nSPS) is 24.6. The summed E-state index contributed by atoms with van der Waals surface area (Å²) in [7, 11) is 0. The highest BCUT2D eigenvalue weighted by molar-refractivity contribution is 5.70. The molecule has 0 spiro atoms. The lowest BCUT2D eigenvalue weighted by molar-refractivity contribution is 0.113. The Morgan fingerprint density at radius 2 is 1.89 bits per heavy atom. The molecule has 1 amide bonds. The van der Waals surface area contributed by atoms with E-state index in [-0.39, 0.29) is 12.3 Å². The van der Waals surface area contributed by atoms with Crippen molar-refractivity contribution in [1.29, 1.82) is 0 Å². The highest BCUT2D eigenvalue weighted by atomic mass is 16.6. The van der Waals surface area contributed by atoms with Crippen LogP contribution in [0.2, 0.25) is 0 Å². The Morgan fingerprint density at radius 3 is 2.61 bits per heavy atom. The molecule has 1 atom stereocenters. The fourth-order valence-electron chi connectivity index (χ4n) is 2.73. The molecule has 2 heterocycles. The van der Waals surface area contributed by atoms with Crippen molar-refractivity contribution in [2.75, 3.05) is 19.7 Å². The molecular weight excluding hydrogens is 228 g/mol. The maximum Gasteiger partial charge on any atom is 0.411 e. The van der Waals surface area contributed by atoms with Gasteiger partial charge >= 0.3 is 6.09 Å². The van der Waals surface area contributed by atoms with Crippen LogP contribution < -0.4 is 0 Å². The summed E-state index contributed by atoms with van der Waals surface area (Å²) >= 11 is 0. The highest BCUT2D eigenvalue weighted by Crippen LogP contribution is 2.22. The van der Waals surface area contributed by atoms with E-state index in [1.54, 1.807) is 0 Å². The molecule has 0 unspecified atom stereocenters. The van der Waals surface area contributed by atoms with Gasteiger partial charge < -0.3 is 4.74 Å². The van der Waals surface area contributed by atoms with E-state index >= 15 is 0 Å². The zero-order valence-electron chi connectivity index (χ0n) is 10.4. The van der Waals surface area contributed by atoms with Gasteiger partial charge in [-0.15, -0.1) is 0 Å². The fraction of sp³-hybridized carbons (Fsp3) is 0.500. The van der Waals surface area contributed by atoms with Gasteiger partial charge in [0.25, 0.3) is 0 Å². The van der Waals surface area contributed by atoms with Gasteiger partial charge in [0.05, 0.1) is 6.54 Å². The van der Waals surface area contributed by atoms with E-state index in [1.165, 1.54) is 12.8 Å². The predicted octanol–water partition coefficient (Wildman–Crippen LogP) is 2.06. The van der Waals surface area contributed by atoms with E-state index in [0.717, 1.165) is 18.7 Å². The van der Waals surface area contributed by atoms with Crippen LogP contribution in [0.3, 0.4) is 0 Å². The molecule has 2 fully saturated rings. The zero-order chi connectivity index (χ0) is 12.4. The van der Waals surface area contributed by atoms with E-state index in [2.05, 4.69) is 4.90 Å². The lowest BCUT2D eigenvalue weighted by Gasteiger charge is -2.29. The number of ether oxygens (including phenoxy) is 1. The Hall–Kier alpha value is -1.55. The fourth-order valence-corrected chi connectivity index (χ4v) is 2.73. The molecule has 4 nitrogen and oxygen atoms in total. The largest absolute Gasteiger partial charge is 0.446 e. The molecule has 2 aliphatic heterocycles. The number of hydrogen-bond acceptors (Lipinski definition) is 3. The first kappa shape index (κ1) is 11.5. The number of nitrogens with zero attached hydrogens (tertiary/aromatic N) is 2. The molecule has 1 aromatic carbocycles. The van der Waals surface area contributed by atoms with Crippen LogP contribution in [0.25, 0.3) is 0 Å². The first-order valence-electron chi connectivity index (χ1n) is 6.56. The van der Waals surface area contributed by atoms with Gasteiger partial charge in [0, 0.05) is 13.1 Å². The molecule has 18 heavy (non-hydrogen) atoms. The van der Waals surface area contributed by atoms with Crippen molar-refractivity contribution >= 4 is 6.09 Å². The second-order valence-electron chi connectivity index (χ2n) is 4.91. The summed E-state index contributed by atoms with van der Waals surface area (Å²) in [5, 5.41) is 0. The average molecular weight is 246 g/mol. The van der Waals surface area contributed by atoms with Crippen LogP contribution in [0, 0.1) is 0 Å².